The molecule has 21 heavy (non-hydrogen) atoms. The van der Waals surface area contributed by atoms with Gasteiger partial charge >= 0.3 is 0 Å². The molecule has 1 aliphatic rings. The Balaban J connectivity index is 2.09. The number of carbonyl (C=O) groups is 1. The van der Waals surface area contributed by atoms with E-state index in [9.17, 15) is 13.2 Å². The molecule has 0 spiro atoms. The lowest BCUT2D eigenvalue weighted by Gasteiger charge is -2.18. The van der Waals surface area contributed by atoms with Crippen molar-refractivity contribution in [2.24, 2.45) is 5.92 Å². The molecule has 1 aromatic rings. The molecule has 4 nitrogen and oxygen atoms in total. The fraction of sp³-hybridized carbons (Fsp3) is 0.400. The van der Waals surface area contributed by atoms with Crippen LogP contribution in [0.4, 0.5) is 0 Å². The average Bonchev–Trinajstić information content (AvgIpc) is 2.45. The van der Waals surface area contributed by atoms with Gasteiger partial charge in [0.1, 0.15) is 0 Å². The SMILES string of the molecule is Cc1ccc(S(=O)(=O)Cl)cc1C(=O)NCC1CC=CCC1. The van der Waals surface area contributed by atoms with Gasteiger partial charge in [-0.3, -0.25) is 4.79 Å². The van der Waals surface area contributed by atoms with Gasteiger partial charge in [0.05, 0.1) is 4.90 Å². The molecular weight excluding hydrogens is 310 g/mol. The highest BCUT2D eigenvalue weighted by atomic mass is 35.7. The van der Waals surface area contributed by atoms with E-state index >= 15 is 0 Å². The van der Waals surface area contributed by atoms with E-state index in [0.29, 0.717) is 18.0 Å². The minimum Gasteiger partial charge on any atom is -0.352 e. The molecule has 0 saturated carbocycles. The maximum Gasteiger partial charge on any atom is 0.261 e. The summed E-state index contributed by atoms with van der Waals surface area (Å²) >= 11 is 0. The number of carbonyl (C=O) groups excluding carboxylic acids is 1. The lowest BCUT2D eigenvalue weighted by Crippen LogP contribution is -2.30. The second-order valence-corrected chi connectivity index (χ2v) is 7.84. The van der Waals surface area contributed by atoms with Crippen LogP contribution in [-0.4, -0.2) is 20.9 Å². The third-order valence-corrected chi connectivity index (χ3v) is 5.02. The summed E-state index contributed by atoms with van der Waals surface area (Å²) in [4.78, 5) is 12.2. The summed E-state index contributed by atoms with van der Waals surface area (Å²) in [5.74, 6) is 0.184. The van der Waals surface area contributed by atoms with Crippen molar-refractivity contribution in [1.82, 2.24) is 5.32 Å². The number of hydrogen-bond acceptors (Lipinski definition) is 3. The Kier molecular flexibility index (Phi) is 5.06. The summed E-state index contributed by atoms with van der Waals surface area (Å²) in [5.41, 5.74) is 1.07. The zero-order valence-electron chi connectivity index (χ0n) is 11.8. The normalized spacial score (nSPS) is 18.5. The summed E-state index contributed by atoms with van der Waals surface area (Å²) < 4.78 is 22.7. The van der Waals surface area contributed by atoms with Crippen LogP contribution in [0.25, 0.3) is 0 Å². The van der Waals surface area contributed by atoms with Crippen LogP contribution in [-0.2, 0) is 9.05 Å². The largest absolute Gasteiger partial charge is 0.352 e. The first-order chi connectivity index (χ1) is 9.88. The van der Waals surface area contributed by atoms with E-state index in [1.807, 2.05) is 0 Å². The maximum atomic E-state index is 12.2. The van der Waals surface area contributed by atoms with Gasteiger partial charge in [0.2, 0.25) is 0 Å². The first kappa shape index (κ1) is 16.0. The Morgan fingerprint density at radius 3 is 2.76 bits per heavy atom. The van der Waals surface area contributed by atoms with Crippen molar-refractivity contribution in [3.8, 4) is 0 Å². The quantitative estimate of drug-likeness (QED) is 0.683. The van der Waals surface area contributed by atoms with Crippen molar-refractivity contribution >= 4 is 25.6 Å². The van der Waals surface area contributed by atoms with Gasteiger partial charge in [0, 0.05) is 22.8 Å². The number of benzene rings is 1. The second kappa shape index (κ2) is 6.62. The van der Waals surface area contributed by atoms with E-state index < -0.39 is 9.05 Å². The van der Waals surface area contributed by atoms with Crippen LogP contribution in [0.15, 0.2) is 35.2 Å². The molecule has 114 valence electrons. The lowest BCUT2D eigenvalue weighted by atomic mass is 9.94. The monoisotopic (exact) mass is 327 g/mol. The number of allylic oxidation sites excluding steroid dienone is 2. The molecule has 1 unspecified atom stereocenters. The van der Waals surface area contributed by atoms with Crippen molar-refractivity contribution in [3.63, 3.8) is 0 Å². The molecule has 6 heteroatoms. The Hall–Kier alpha value is -1.33. The van der Waals surface area contributed by atoms with E-state index in [1.54, 1.807) is 13.0 Å². The summed E-state index contributed by atoms with van der Waals surface area (Å²) in [6.07, 6.45) is 7.35. The van der Waals surface area contributed by atoms with Gasteiger partial charge in [0.15, 0.2) is 0 Å². The van der Waals surface area contributed by atoms with Gasteiger partial charge < -0.3 is 5.32 Å². The predicted molar refractivity (Wildman–Crippen MR) is 83.0 cm³/mol. The third-order valence-electron chi connectivity index (χ3n) is 3.66. The number of rotatable bonds is 4. The molecule has 1 N–H and O–H groups in total. The van der Waals surface area contributed by atoms with Crippen molar-refractivity contribution in [3.05, 3.63) is 41.5 Å². The highest BCUT2D eigenvalue weighted by Crippen LogP contribution is 2.20. The topological polar surface area (TPSA) is 63.2 Å². The van der Waals surface area contributed by atoms with Crippen LogP contribution in [0.3, 0.4) is 0 Å². The van der Waals surface area contributed by atoms with E-state index in [2.05, 4.69) is 17.5 Å². The van der Waals surface area contributed by atoms with Crippen molar-refractivity contribution in [2.75, 3.05) is 6.54 Å². The van der Waals surface area contributed by atoms with E-state index in [0.717, 1.165) is 24.8 Å². The van der Waals surface area contributed by atoms with E-state index in [-0.39, 0.29) is 10.8 Å². The molecule has 0 heterocycles. The molecular formula is C15H18ClNO3S. The van der Waals surface area contributed by atoms with Gasteiger partial charge in [-0.05, 0) is 49.8 Å². The Morgan fingerprint density at radius 2 is 2.14 bits per heavy atom. The summed E-state index contributed by atoms with van der Waals surface area (Å²) in [6, 6.07) is 4.32. The maximum absolute atomic E-state index is 12.2. The van der Waals surface area contributed by atoms with Gasteiger partial charge in [-0.1, -0.05) is 18.2 Å². The van der Waals surface area contributed by atoms with Crippen molar-refractivity contribution in [2.45, 2.75) is 31.1 Å². The Labute approximate surface area is 129 Å². The lowest BCUT2D eigenvalue weighted by molar-refractivity contribution is 0.0945. The molecule has 0 fully saturated rings. The molecule has 1 aliphatic carbocycles. The highest BCUT2D eigenvalue weighted by molar-refractivity contribution is 8.13. The first-order valence-electron chi connectivity index (χ1n) is 6.86. The van der Waals surface area contributed by atoms with Gasteiger partial charge in [0.25, 0.3) is 15.0 Å². The van der Waals surface area contributed by atoms with Gasteiger partial charge in [-0.2, -0.15) is 0 Å². The Morgan fingerprint density at radius 1 is 1.38 bits per heavy atom. The molecule has 1 atom stereocenters. The number of hydrogen-bond donors (Lipinski definition) is 1. The van der Waals surface area contributed by atoms with Crippen LogP contribution in [0.5, 0.6) is 0 Å². The van der Waals surface area contributed by atoms with Crippen LogP contribution in [0.2, 0.25) is 0 Å². The summed E-state index contributed by atoms with van der Waals surface area (Å²) in [7, 11) is 1.49. The second-order valence-electron chi connectivity index (χ2n) is 5.28. The van der Waals surface area contributed by atoms with Gasteiger partial charge in [-0.15, -0.1) is 0 Å². The first-order valence-corrected chi connectivity index (χ1v) is 9.17. The number of amides is 1. The standard InChI is InChI=1S/C15H18ClNO3S/c1-11-7-8-13(21(16,19)20)9-14(11)15(18)17-10-12-5-3-2-4-6-12/h2-3,7-9,12H,4-6,10H2,1H3,(H,17,18). The molecule has 0 aliphatic heterocycles. The third kappa shape index (κ3) is 4.32. The average molecular weight is 328 g/mol. The molecule has 1 aromatic carbocycles. The molecule has 0 saturated heterocycles. The fourth-order valence-corrected chi connectivity index (χ4v) is 3.15. The minimum atomic E-state index is -3.83. The predicted octanol–water partition coefficient (Wildman–Crippen LogP) is 3.01. The van der Waals surface area contributed by atoms with Crippen molar-refractivity contribution in [1.29, 1.82) is 0 Å². The number of halogens is 1. The molecule has 0 radical (unpaired) electrons. The zero-order chi connectivity index (χ0) is 15.5. The van der Waals surface area contributed by atoms with E-state index in [4.69, 9.17) is 10.7 Å². The molecule has 2 rings (SSSR count). The van der Waals surface area contributed by atoms with Crippen LogP contribution in [0.1, 0.15) is 35.2 Å². The highest BCUT2D eigenvalue weighted by Gasteiger charge is 2.17. The van der Waals surface area contributed by atoms with Crippen LogP contribution in [0, 0.1) is 12.8 Å². The summed E-state index contributed by atoms with van der Waals surface area (Å²) in [5, 5.41) is 2.88. The van der Waals surface area contributed by atoms with Crippen molar-refractivity contribution < 1.29 is 13.2 Å². The van der Waals surface area contributed by atoms with Crippen LogP contribution >= 0.6 is 10.7 Å². The number of aryl methyl sites for hydroxylation is 1. The molecule has 0 bridgehead atoms. The van der Waals surface area contributed by atoms with E-state index in [1.165, 1.54) is 12.1 Å². The number of nitrogens with one attached hydrogen (secondary N) is 1. The summed E-state index contributed by atoms with van der Waals surface area (Å²) in [6.45, 7) is 2.36. The fourth-order valence-electron chi connectivity index (χ4n) is 2.37. The minimum absolute atomic E-state index is 0.0551. The zero-order valence-corrected chi connectivity index (χ0v) is 13.4. The smallest absolute Gasteiger partial charge is 0.261 e. The van der Waals surface area contributed by atoms with Gasteiger partial charge in [-0.25, -0.2) is 8.42 Å². The Bertz CT molecular complexity index is 667. The molecule has 0 aromatic heterocycles. The van der Waals surface area contributed by atoms with Crippen LogP contribution < -0.4 is 5.32 Å². The molecule has 1 amide bonds.